The van der Waals surface area contributed by atoms with Crippen molar-refractivity contribution in [1.29, 1.82) is 0 Å². The molecule has 1 aromatic heterocycles. The van der Waals surface area contributed by atoms with Crippen LogP contribution < -0.4 is 10.1 Å². The maximum absolute atomic E-state index is 12.0. The first kappa shape index (κ1) is 14.5. The van der Waals surface area contributed by atoms with Gasteiger partial charge >= 0.3 is 0 Å². The molecule has 106 valence electrons. The van der Waals surface area contributed by atoms with Crippen LogP contribution >= 0.6 is 12.6 Å². The number of aromatic nitrogens is 2. The van der Waals surface area contributed by atoms with E-state index in [1.54, 1.807) is 30.1 Å². The fourth-order valence-electron chi connectivity index (χ4n) is 1.96. The van der Waals surface area contributed by atoms with E-state index in [1.165, 1.54) is 0 Å². The van der Waals surface area contributed by atoms with Gasteiger partial charge in [0.15, 0.2) is 0 Å². The van der Waals surface area contributed by atoms with E-state index in [0.29, 0.717) is 23.6 Å². The van der Waals surface area contributed by atoms with Crippen molar-refractivity contribution in [3.05, 3.63) is 36.0 Å². The van der Waals surface area contributed by atoms with E-state index < -0.39 is 0 Å². The molecule has 1 amide bonds. The molecule has 0 aliphatic rings. The van der Waals surface area contributed by atoms with Crippen molar-refractivity contribution in [2.45, 2.75) is 0 Å². The zero-order chi connectivity index (χ0) is 14.5. The number of hydrogen-bond donors (Lipinski definition) is 2. The lowest BCUT2D eigenvalue weighted by molar-refractivity contribution is 0.0956. The average Bonchev–Trinajstić information content (AvgIpc) is 2.90. The number of hydrogen-bond acceptors (Lipinski definition) is 4. The molecule has 0 spiro atoms. The third-order valence-corrected chi connectivity index (χ3v) is 3.18. The number of amides is 1. The van der Waals surface area contributed by atoms with Crippen LogP contribution in [0.25, 0.3) is 11.3 Å². The molecule has 0 aliphatic heterocycles. The van der Waals surface area contributed by atoms with Gasteiger partial charge in [-0.1, -0.05) is 0 Å². The summed E-state index contributed by atoms with van der Waals surface area (Å²) in [5.74, 6) is 1.20. The summed E-state index contributed by atoms with van der Waals surface area (Å²) >= 11 is 4.08. The molecule has 0 aliphatic carbocycles. The van der Waals surface area contributed by atoms with Crippen molar-refractivity contribution in [2.24, 2.45) is 7.05 Å². The van der Waals surface area contributed by atoms with Crippen molar-refractivity contribution >= 4 is 18.5 Å². The summed E-state index contributed by atoms with van der Waals surface area (Å²) in [4.78, 5) is 12.0. The van der Waals surface area contributed by atoms with Crippen LogP contribution in [-0.4, -0.2) is 35.1 Å². The van der Waals surface area contributed by atoms with Gasteiger partial charge in [-0.25, -0.2) is 0 Å². The highest BCUT2D eigenvalue weighted by atomic mass is 32.1. The average molecular weight is 291 g/mol. The van der Waals surface area contributed by atoms with Gasteiger partial charge in [0.1, 0.15) is 5.75 Å². The number of aryl methyl sites for hydroxylation is 1. The summed E-state index contributed by atoms with van der Waals surface area (Å²) in [6, 6.07) is 7.22. The smallest absolute Gasteiger partial charge is 0.251 e. The topological polar surface area (TPSA) is 56.1 Å². The number of methoxy groups -OCH3 is 1. The van der Waals surface area contributed by atoms with Crippen molar-refractivity contribution in [1.82, 2.24) is 15.1 Å². The standard InChI is InChI=1S/C14H17N3O2S/c1-17-12(5-6-16-17)11-9-10(3-4-13(11)19-2)14(18)15-7-8-20/h3-6,9,20H,7-8H2,1-2H3,(H,15,18). The van der Waals surface area contributed by atoms with Crippen molar-refractivity contribution in [2.75, 3.05) is 19.4 Å². The number of thiol groups is 1. The van der Waals surface area contributed by atoms with Gasteiger partial charge in [0.2, 0.25) is 0 Å². The molecule has 0 bridgehead atoms. The lowest BCUT2D eigenvalue weighted by Gasteiger charge is -2.11. The van der Waals surface area contributed by atoms with Crippen LogP contribution in [0, 0.1) is 0 Å². The Hall–Kier alpha value is -1.95. The van der Waals surface area contributed by atoms with Crippen LogP contribution in [-0.2, 0) is 7.05 Å². The van der Waals surface area contributed by atoms with Gasteiger partial charge in [0.25, 0.3) is 5.91 Å². The largest absolute Gasteiger partial charge is 0.496 e. The lowest BCUT2D eigenvalue weighted by atomic mass is 10.1. The number of nitrogens with zero attached hydrogens (tertiary/aromatic N) is 2. The van der Waals surface area contributed by atoms with Gasteiger partial charge in [-0.2, -0.15) is 17.7 Å². The van der Waals surface area contributed by atoms with E-state index in [2.05, 4.69) is 23.0 Å². The maximum atomic E-state index is 12.0. The third-order valence-electron chi connectivity index (χ3n) is 2.96. The first-order valence-electron chi connectivity index (χ1n) is 6.23. The molecular weight excluding hydrogens is 274 g/mol. The Balaban J connectivity index is 2.39. The molecule has 2 rings (SSSR count). The van der Waals surface area contributed by atoms with Gasteiger partial charge in [-0.3, -0.25) is 9.48 Å². The van der Waals surface area contributed by atoms with E-state index in [1.807, 2.05) is 19.2 Å². The molecule has 20 heavy (non-hydrogen) atoms. The molecule has 1 N–H and O–H groups in total. The Bertz CT molecular complexity index is 610. The summed E-state index contributed by atoms with van der Waals surface area (Å²) in [7, 11) is 3.46. The summed E-state index contributed by atoms with van der Waals surface area (Å²) < 4.78 is 7.10. The number of carbonyl (C=O) groups is 1. The second-order valence-corrected chi connectivity index (χ2v) is 4.68. The fraction of sp³-hybridized carbons (Fsp3) is 0.286. The monoisotopic (exact) mass is 291 g/mol. The minimum atomic E-state index is -0.120. The second-order valence-electron chi connectivity index (χ2n) is 4.23. The molecule has 0 atom stereocenters. The first-order chi connectivity index (χ1) is 9.67. The van der Waals surface area contributed by atoms with Crippen molar-refractivity contribution in [3.63, 3.8) is 0 Å². The fourth-order valence-corrected chi connectivity index (χ4v) is 2.07. The summed E-state index contributed by atoms with van der Waals surface area (Å²) in [5.41, 5.74) is 2.32. The highest BCUT2D eigenvalue weighted by Gasteiger charge is 2.13. The highest BCUT2D eigenvalue weighted by Crippen LogP contribution is 2.30. The van der Waals surface area contributed by atoms with Crippen LogP contribution in [0.1, 0.15) is 10.4 Å². The van der Waals surface area contributed by atoms with Crippen LogP contribution in [0.15, 0.2) is 30.5 Å². The lowest BCUT2D eigenvalue weighted by Crippen LogP contribution is -2.25. The van der Waals surface area contributed by atoms with Gasteiger partial charge in [0, 0.05) is 36.7 Å². The molecule has 1 heterocycles. The summed E-state index contributed by atoms with van der Waals surface area (Å²) in [6.45, 7) is 0.537. The molecule has 0 saturated carbocycles. The number of rotatable bonds is 5. The molecule has 0 saturated heterocycles. The summed E-state index contributed by atoms with van der Waals surface area (Å²) in [6.07, 6.45) is 1.71. The van der Waals surface area contributed by atoms with Crippen molar-refractivity contribution < 1.29 is 9.53 Å². The van der Waals surface area contributed by atoms with Gasteiger partial charge < -0.3 is 10.1 Å². The molecule has 1 aromatic carbocycles. The van der Waals surface area contributed by atoms with E-state index in [-0.39, 0.29) is 5.91 Å². The molecule has 5 nitrogen and oxygen atoms in total. The minimum absolute atomic E-state index is 0.120. The van der Waals surface area contributed by atoms with Crippen LogP contribution in [0.2, 0.25) is 0 Å². The van der Waals surface area contributed by atoms with Gasteiger partial charge in [-0.05, 0) is 24.3 Å². The van der Waals surface area contributed by atoms with Crippen LogP contribution in [0.4, 0.5) is 0 Å². The first-order valence-corrected chi connectivity index (χ1v) is 6.86. The number of carbonyl (C=O) groups excluding carboxylic acids is 1. The Kier molecular flexibility index (Phi) is 4.68. The minimum Gasteiger partial charge on any atom is -0.496 e. The Labute approximate surface area is 123 Å². The number of ether oxygens (including phenoxy) is 1. The Morgan fingerprint density at radius 2 is 2.25 bits per heavy atom. The molecule has 6 heteroatoms. The normalized spacial score (nSPS) is 10.3. The molecular formula is C14H17N3O2S. The van der Waals surface area contributed by atoms with E-state index >= 15 is 0 Å². The second kappa shape index (κ2) is 6.47. The van der Waals surface area contributed by atoms with E-state index in [9.17, 15) is 4.79 Å². The van der Waals surface area contributed by atoms with Crippen LogP contribution in [0.5, 0.6) is 5.75 Å². The summed E-state index contributed by atoms with van der Waals surface area (Å²) in [5, 5.41) is 6.94. The molecule has 2 aromatic rings. The molecule has 0 unspecified atom stereocenters. The zero-order valence-corrected chi connectivity index (χ0v) is 12.4. The van der Waals surface area contributed by atoms with Crippen molar-refractivity contribution in [3.8, 4) is 17.0 Å². The van der Waals surface area contributed by atoms with E-state index in [0.717, 1.165) is 11.3 Å². The molecule has 0 fully saturated rings. The predicted octanol–water partition coefficient (Wildman–Crippen LogP) is 1.76. The molecule has 0 radical (unpaired) electrons. The Morgan fingerprint density at radius 3 is 2.85 bits per heavy atom. The van der Waals surface area contributed by atoms with Crippen LogP contribution in [0.3, 0.4) is 0 Å². The maximum Gasteiger partial charge on any atom is 0.251 e. The van der Waals surface area contributed by atoms with E-state index in [4.69, 9.17) is 4.74 Å². The quantitative estimate of drug-likeness (QED) is 0.825. The highest BCUT2D eigenvalue weighted by molar-refractivity contribution is 7.80. The number of nitrogens with one attached hydrogen (secondary N) is 1. The van der Waals surface area contributed by atoms with Gasteiger partial charge in [0.05, 0.1) is 12.8 Å². The predicted molar refractivity (Wildman–Crippen MR) is 81.4 cm³/mol. The van der Waals surface area contributed by atoms with Gasteiger partial charge in [-0.15, -0.1) is 0 Å². The SMILES string of the molecule is COc1ccc(C(=O)NCCS)cc1-c1ccnn1C. The third kappa shape index (κ3) is 2.96. The number of benzene rings is 1. The zero-order valence-electron chi connectivity index (χ0n) is 11.5. The Morgan fingerprint density at radius 1 is 1.45 bits per heavy atom.